The highest BCUT2D eigenvalue weighted by atomic mass is 32.2. The maximum absolute atomic E-state index is 12.7. The van der Waals surface area contributed by atoms with Crippen LogP contribution in [0.4, 0.5) is 5.82 Å². The maximum Gasteiger partial charge on any atom is 0.239 e. The molecule has 132 valence electrons. The van der Waals surface area contributed by atoms with Crippen LogP contribution in [0.25, 0.3) is 10.9 Å². The van der Waals surface area contributed by atoms with Crippen molar-refractivity contribution in [1.82, 2.24) is 14.8 Å². The van der Waals surface area contributed by atoms with Gasteiger partial charge in [-0.3, -0.25) is 9.48 Å². The molecular weight excluding hydrogens is 346 g/mol. The number of fused-ring (bicyclic) bond motifs is 1. The van der Waals surface area contributed by atoms with Crippen LogP contribution in [0.15, 0.2) is 41.6 Å². The fourth-order valence-electron chi connectivity index (χ4n) is 2.71. The smallest absolute Gasteiger partial charge is 0.239 e. The first-order valence-corrected chi connectivity index (χ1v) is 9.17. The Balaban J connectivity index is 1.82. The minimum atomic E-state index is -0.315. The monoisotopic (exact) mass is 365 g/mol. The molecule has 2 aromatic heterocycles. The van der Waals surface area contributed by atoms with Crippen LogP contribution < -0.4 is 5.32 Å². The van der Waals surface area contributed by atoms with E-state index in [1.54, 1.807) is 7.05 Å². The average molecular weight is 365 g/mol. The molecule has 6 nitrogen and oxygen atoms in total. The number of para-hydroxylation sites is 1. The number of nitriles is 1. The van der Waals surface area contributed by atoms with E-state index >= 15 is 0 Å². The number of aryl methyl sites for hydroxylation is 2. The Kier molecular flexibility index (Phi) is 5.24. The number of nitrogens with one attached hydrogen (secondary N) is 1. The zero-order valence-corrected chi connectivity index (χ0v) is 15.7. The lowest BCUT2D eigenvalue weighted by molar-refractivity contribution is -0.115. The maximum atomic E-state index is 12.7. The second-order valence-electron chi connectivity index (χ2n) is 5.94. The van der Waals surface area contributed by atoms with Crippen LogP contribution in [0, 0.1) is 18.3 Å². The molecule has 1 aromatic carbocycles. The van der Waals surface area contributed by atoms with Gasteiger partial charge in [0.1, 0.15) is 17.5 Å². The van der Waals surface area contributed by atoms with E-state index in [1.807, 2.05) is 50.2 Å². The van der Waals surface area contributed by atoms with Crippen LogP contribution in [0.5, 0.6) is 0 Å². The minimum Gasteiger partial charge on any atom is -0.309 e. The molecule has 0 bridgehead atoms. The van der Waals surface area contributed by atoms with Crippen LogP contribution in [0.3, 0.4) is 0 Å². The molecule has 3 aromatic rings. The van der Waals surface area contributed by atoms with E-state index in [0.717, 1.165) is 21.5 Å². The van der Waals surface area contributed by atoms with E-state index in [-0.39, 0.29) is 11.2 Å². The van der Waals surface area contributed by atoms with Crippen molar-refractivity contribution in [2.45, 2.75) is 30.5 Å². The quantitative estimate of drug-likeness (QED) is 0.698. The van der Waals surface area contributed by atoms with Gasteiger partial charge in [0.25, 0.3) is 0 Å². The summed E-state index contributed by atoms with van der Waals surface area (Å²) >= 11 is 1.43. The highest BCUT2D eigenvalue weighted by Crippen LogP contribution is 2.29. The normalized spacial score (nSPS) is 11.9. The Bertz CT molecular complexity index is 1000. The molecule has 26 heavy (non-hydrogen) atoms. The van der Waals surface area contributed by atoms with Crippen molar-refractivity contribution < 1.29 is 4.79 Å². The minimum absolute atomic E-state index is 0.162. The van der Waals surface area contributed by atoms with Gasteiger partial charge in [-0.15, -0.1) is 0 Å². The third-order valence-corrected chi connectivity index (χ3v) is 5.41. The van der Waals surface area contributed by atoms with Crippen molar-refractivity contribution in [3.8, 4) is 6.07 Å². The van der Waals surface area contributed by atoms with Gasteiger partial charge in [0.05, 0.1) is 22.0 Å². The molecule has 0 aliphatic carbocycles. The Morgan fingerprint density at radius 2 is 2.19 bits per heavy atom. The first kappa shape index (κ1) is 18.0. The highest BCUT2D eigenvalue weighted by Gasteiger charge is 2.21. The SMILES string of the molecule is CCC(Sc1cc(C)c2ccccc2n1)C(=O)Nc1c(C#N)cnn1C. The van der Waals surface area contributed by atoms with Gasteiger partial charge in [0.15, 0.2) is 0 Å². The van der Waals surface area contributed by atoms with Crippen LogP contribution in [0.1, 0.15) is 24.5 Å². The second kappa shape index (κ2) is 7.58. The standard InChI is InChI=1S/C19H19N5OS/c1-4-16(19(25)23-18-13(10-20)11-21-24(18)3)26-17-9-12(2)14-7-5-6-8-15(14)22-17/h5-9,11,16H,4H2,1-3H3,(H,23,25). The summed E-state index contributed by atoms with van der Waals surface area (Å²) in [5.41, 5.74) is 2.40. The number of anilines is 1. The van der Waals surface area contributed by atoms with Gasteiger partial charge in [0.2, 0.25) is 5.91 Å². The highest BCUT2D eigenvalue weighted by molar-refractivity contribution is 8.00. The fourth-order valence-corrected chi connectivity index (χ4v) is 3.73. The summed E-state index contributed by atoms with van der Waals surface area (Å²) in [7, 11) is 1.69. The number of pyridine rings is 1. The number of rotatable bonds is 5. The third kappa shape index (κ3) is 3.55. The zero-order valence-electron chi connectivity index (χ0n) is 14.9. The number of hydrogen-bond acceptors (Lipinski definition) is 5. The predicted molar refractivity (Wildman–Crippen MR) is 103 cm³/mol. The number of nitrogens with zero attached hydrogens (tertiary/aromatic N) is 4. The van der Waals surface area contributed by atoms with E-state index in [9.17, 15) is 4.79 Å². The van der Waals surface area contributed by atoms with E-state index in [2.05, 4.69) is 15.4 Å². The second-order valence-corrected chi connectivity index (χ2v) is 7.16. The molecule has 7 heteroatoms. The topological polar surface area (TPSA) is 83.6 Å². The van der Waals surface area contributed by atoms with Crippen molar-refractivity contribution in [2.24, 2.45) is 7.05 Å². The molecule has 1 amide bonds. The van der Waals surface area contributed by atoms with Gasteiger partial charge in [-0.05, 0) is 31.0 Å². The van der Waals surface area contributed by atoms with Gasteiger partial charge < -0.3 is 5.32 Å². The Morgan fingerprint density at radius 1 is 1.42 bits per heavy atom. The van der Waals surface area contributed by atoms with Gasteiger partial charge >= 0.3 is 0 Å². The lowest BCUT2D eigenvalue weighted by Crippen LogP contribution is -2.26. The summed E-state index contributed by atoms with van der Waals surface area (Å²) in [4.78, 5) is 17.4. The zero-order chi connectivity index (χ0) is 18.7. The summed E-state index contributed by atoms with van der Waals surface area (Å²) in [5.74, 6) is 0.254. The van der Waals surface area contributed by atoms with Crippen molar-refractivity contribution in [2.75, 3.05) is 5.32 Å². The molecule has 0 saturated carbocycles. The van der Waals surface area contributed by atoms with Crippen molar-refractivity contribution >= 4 is 34.4 Å². The van der Waals surface area contributed by atoms with Gasteiger partial charge in [-0.25, -0.2) is 4.98 Å². The van der Waals surface area contributed by atoms with Crippen LogP contribution in [-0.4, -0.2) is 25.9 Å². The summed E-state index contributed by atoms with van der Waals surface area (Å²) in [6, 6.07) is 12.0. The Hall–Kier alpha value is -2.85. The lowest BCUT2D eigenvalue weighted by Gasteiger charge is -2.15. The molecule has 0 spiro atoms. The number of hydrogen-bond donors (Lipinski definition) is 1. The van der Waals surface area contributed by atoms with Crippen LogP contribution in [0.2, 0.25) is 0 Å². The molecule has 3 rings (SSSR count). The molecule has 0 aliphatic rings. The van der Waals surface area contributed by atoms with E-state index in [1.165, 1.54) is 22.6 Å². The third-order valence-electron chi connectivity index (χ3n) is 4.13. The molecule has 0 aliphatic heterocycles. The fraction of sp³-hybridized carbons (Fsp3) is 0.263. The molecule has 1 atom stereocenters. The summed E-state index contributed by atoms with van der Waals surface area (Å²) < 4.78 is 1.49. The summed E-state index contributed by atoms with van der Waals surface area (Å²) in [5, 5.41) is 17.6. The number of aromatic nitrogens is 3. The van der Waals surface area contributed by atoms with E-state index in [0.29, 0.717) is 17.8 Å². The Labute approximate surface area is 156 Å². The van der Waals surface area contributed by atoms with Crippen molar-refractivity contribution in [3.63, 3.8) is 0 Å². The molecule has 1 unspecified atom stereocenters. The van der Waals surface area contributed by atoms with E-state index in [4.69, 9.17) is 5.26 Å². The molecule has 0 fully saturated rings. The first-order chi connectivity index (χ1) is 12.5. The van der Waals surface area contributed by atoms with Gasteiger partial charge in [-0.1, -0.05) is 36.9 Å². The largest absolute Gasteiger partial charge is 0.309 e. The van der Waals surface area contributed by atoms with Crippen LogP contribution >= 0.6 is 11.8 Å². The number of carbonyl (C=O) groups excluding carboxylic acids is 1. The van der Waals surface area contributed by atoms with Crippen molar-refractivity contribution in [3.05, 3.63) is 47.7 Å². The molecular formula is C19H19N5OS. The average Bonchev–Trinajstić information content (AvgIpc) is 2.99. The number of amides is 1. The Morgan fingerprint density at radius 3 is 2.92 bits per heavy atom. The molecule has 2 heterocycles. The number of carbonyl (C=O) groups is 1. The summed E-state index contributed by atoms with van der Waals surface area (Å²) in [6.07, 6.45) is 2.09. The van der Waals surface area contributed by atoms with Crippen LogP contribution in [-0.2, 0) is 11.8 Å². The van der Waals surface area contributed by atoms with Crippen molar-refractivity contribution in [1.29, 1.82) is 5.26 Å². The molecule has 0 radical (unpaired) electrons. The molecule has 1 N–H and O–H groups in total. The number of thioether (sulfide) groups is 1. The first-order valence-electron chi connectivity index (χ1n) is 8.29. The number of benzene rings is 1. The van der Waals surface area contributed by atoms with Gasteiger partial charge in [0, 0.05) is 12.4 Å². The van der Waals surface area contributed by atoms with E-state index < -0.39 is 0 Å². The molecule has 0 saturated heterocycles. The predicted octanol–water partition coefficient (Wildman–Crippen LogP) is 3.66. The van der Waals surface area contributed by atoms with Gasteiger partial charge in [-0.2, -0.15) is 10.4 Å². The lowest BCUT2D eigenvalue weighted by atomic mass is 10.1. The summed E-state index contributed by atoms with van der Waals surface area (Å²) in [6.45, 7) is 4.00.